The first-order chi connectivity index (χ1) is 20.0. The maximum Gasteiger partial charge on any atom is 0.437 e. The largest absolute Gasteiger partial charge is 0.437 e. The third-order valence-electron chi connectivity index (χ3n) is 7.14. The highest BCUT2D eigenvalue weighted by molar-refractivity contribution is 6.03. The molecule has 15 heteroatoms. The van der Waals surface area contributed by atoms with Gasteiger partial charge in [-0.2, -0.15) is 18.2 Å². The lowest BCUT2D eigenvalue weighted by atomic mass is 10.0. The summed E-state index contributed by atoms with van der Waals surface area (Å²) in [5.74, 6) is -1.89. The van der Waals surface area contributed by atoms with Gasteiger partial charge in [0.05, 0.1) is 30.3 Å². The summed E-state index contributed by atoms with van der Waals surface area (Å²) in [5.41, 5.74) is 5.08. The van der Waals surface area contributed by atoms with Gasteiger partial charge < -0.3 is 35.5 Å². The van der Waals surface area contributed by atoms with E-state index < -0.39 is 41.6 Å². The van der Waals surface area contributed by atoms with Crippen molar-refractivity contribution in [3.8, 4) is 0 Å². The van der Waals surface area contributed by atoms with Crippen LogP contribution in [0.1, 0.15) is 36.0 Å². The molecule has 2 aliphatic rings. The number of anilines is 4. The number of piperidine rings is 1. The third-order valence-corrected chi connectivity index (χ3v) is 7.14. The van der Waals surface area contributed by atoms with E-state index in [0.29, 0.717) is 25.5 Å². The number of nitrogens with zero attached hydrogens (tertiary/aromatic N) is 5. The summed E-state index contributed by atoms with van der Waals surface area (Å²) in [6, 6.07) is 8.11. The van der Waals surface area contributed by atoms with Crippen LogP contribution in [0.25, 0.3) is 0 Å². The van der Waals surface area contributed by atoms with Crippen molar-refractivity contribution in [1.82, 2.24) is 14.9 Å². The van der Waals surface area contributed by atoms with Crippen molar-refractivity contribution in [2.24, 2.45) is 11.7 Å². The molecule has 0 radical (unpaired) electrons. The highest BCUT2D eigenvalue weighted by Crippen LogP contribution is 2.35. The third kappa shape index (κ3) is 6.40. The minimum atomic E-state index is -4.89. The van der Waals surface area contributed by atoms with Gasteiger partial charge in [0, 0.05) is 26.2 Å². The molecule has 42 heavy (non-hydrogen) atoms. The highest BCUT2D eigenvalue weighted by Gasteiger charge is 2.42. The van der Waals surface area contributed by atoms with Gasteiger partial charge in [-0.3, -0.25) is 4.79 Å². The Kier molecular flexibility index (Phi) is 8.20. The molecule has 2 fully saturated rings. The smallest absolute Gasteiger partial charge is 0.417 e. The van der Waals surface area contributed by atoms with Gasteiger partial charge in [-0.15, -0.1) is 0 Å². The lowest BCUT2D eigenvalue weighted by Crippen LogP contribution is -2.59. The summed E-state index contributed by atoms with van der Waals surface area (Å²) in [5, 5.41) is 4.92. The Balaban J connectivity index is 1.22. The number of alkyl halides is 3. The fraction of sp³-hybridized carbons (Fsp3) is 0.407. The second-order valence-electron chi connectivity index (χ2n) is 10.3. The van der Waals surface area contributed by atoms with Crippen LogP contribution in [0.5, 0.6) is 0 Å². The molecule has 0 spiro atoms. The van der Waals surface area contributed by atoms with Crippen molar-refractivity contribution in [1.29, 1.82) is 0 Å². The number of piperazine rings is 1. The number of nitrogens with two attached hydrogens (primary N) is 1. The van der Waals surface area contributed by atoms with Gasteiger partial charge in [-0.25, -0.2) is 14.2 Å². The van der Waals surface area contributed by atoms with E-state index >= 15 is 0 Å². The van der Waals surface area contributed by atoms with Crippen molar-refractivity contribution in [2.75, 3.05) is 53.2 Å². The zero-order valence-corrected chi connectivity index (χ0v) is 22.7. The van der Waals surface area contributed by atoms with Crippen LogP contribution < -0.4 is 26.2 Å². The molecule has 4 N–H and O–H groups in total. The second kappa shape index (κ2) is 11.8. The minimum absolute atomic E-state index is 0.0582. The highest BCUT2D eigenvalue weighted by atomic mass is 19.4. The fourth-order valence-corrected chi connectivity index (χ4v) is 5.01. The molecule has 2 unspecified atom stereocenters. The van der Waals surface area contributed by atoms with E-state index in [1.807, 2.05) is 6.92 Å². The lowest BCUT2D eigenvalue weighted by Gasteiger charge is -2.40. The summed E-state index contributed by atoms with van der Waals surface area (Å²) in [6.45, 7) is 3.68. The van der Waals surface area contributed by atoms with E-state index in [1.54, 1.807) is 21.9 Å². The van der Waals surface area contributed by atoms with Crippen molar-refractivity contribution in [3.63, 3.8) is 0 Å². The number of oxazole rings is 1. The van der Waals surface area contributed by atoms with Crippen LogP contribution in [0.3, 0.4) is 0 Å². The maximum absolute atomic E-state index is 13.9. The van der Waals surface area contributed by atoms with Crippen LogP contribution in [-0.2, 0) is 6.18 Å². The van der Waals surface area contributed by atoms with Gasteiger partial charge in [0.15, 0.2) is 5.69 Å². The molecule has 11 nitrogen and oxygen atoms in total. The molecular weight excluding hydrogens is 560 g/mol. The molecule has 224 valence electrons. The van der Waals surface area contributed by atoms with Crippen LogP contribution in [0.4, 0.5) is 45.6 Å². The standard InChI is InChI=1S/C27H30F4N8O3/c1-16-5-4-10-38(14-16)26-36-23(27(29,30)31)22(42-26)24(40)34-17-8-9-21(33-13-17)39-12-11-37(15-20(39)32)25(41)35-19-7-3-2-6-18(19)28/h2-3,6-9,13,16,20H,4-5,10-12,14-15,32H2,1H3,(H,34,40)(H,35,41). The Bertz CT molecular complexity index is 1430. The molecule has 4 heterocycles. The number of nitrogens with one attached hydrogen (secondary N) is 2. The zero-order valence-electron chi connectivity index (χ0n) is 22.7. The van der Waals surface area contributed by atoms with E-state index in [2.05, 4.69) is 20.6 Å². The van der Waals surface area contributed by atoms with Gasteiger partial charge in [0.1, 0.15) is 11.6 Å². The van der Waals surface area contributed by atoms with Gasteiger partial charge in [0.25, 0.3) is 11.9 Å². The Morgan fingerprint density at radius 1 is 1.07 bits per heavy atom. The van der Waals surface area contributed by atoms with Crippen molar-refractivity contribution < 1.29 is 31.6 Å². The quantitative estimate of drug-likeness (QED) is 0.374. The molecule has 0 bridgehead atoms. The number of rotatable bonds is 5. The number of benzene rings is 1. The summed E-state index contributed by atoms with van der Waals surface area (Å²) >= 11 is 0. The Morgan fingerprint density at radius 2 is 1.86 bits per heavy atom. The number of hydrogen-bond donors (Lipinski definition) is 3. The molecule has 3 aromatic rings. The molecule has 2 saturated heterocycles. The van der Waals surface area contributed by atoms with Crippen LogP contribution in [0.2, 0.25) is 0 Å². The molecule has 2 atom stereocenters. The van der Waals surface area contributed by atoms with E-state index in [4.69, 9.17) is 10.2 Å². The predicted octanol–water partition coefficient (Wildman–Crippen LogP) is 4.36. The van der Waals surface area contributed by atoms with Gasteiger partial charge in [-0.1, -0.05) is 19.1 Å². The number of urea groups is 1. The number of carbonyl (C=O) groups is 2. The van der Waals surface area contributed by atoms with Crippen molar-refractivity contribution in [2.45, 2.75) is 32.1 Å². The van der Waals surface area contributed by atoms with E-state index in [9.17, 15) is 27.2 Å². The Morgan fingerprint density at radius 3 is 2.52 bits per heavy atom. The molecule has 5 rings (SSSR count). The Labute approximate surface area is 238 Å². The lowest BCUT2D eigenvalue weighted by molar-refractivity contribution is -0.141. The molecule has 0 aliphatic carbocycles. The molecule has 1 aromatic carbocycles. The first-order valence-electron chi connectivity index (χ1n) is 13.4. The average Bonchev–Trinajstić information content (AvgIpc) is 3.42. The molecule has 3 amide bonds. The van der Waals surface area contributed by atoms with Crippen molar-refractivity contribution in [3.05, 3.63) is 59.9 Å². The predicted molar refractivity (Wildman–Crippen MR) is 147 cm³/mol. The molecular formula is C27H30F4N8O3. The summed E-state index contributed by atoms with van der Waals surface area (Å²) in [6.07, 6.45) is -2.51. The number of pyridine rings is 1. The van der Waals surface area contributed by atoms with Gasteiger partial charge in [0.2, 0.25) is 5.76 Å². The summed E-state index contributed by atoms with van der Waals surface area (Å²) < 4.78 is 60.4. The van der Waals surface area contributed by atoms with Gasteiger partial charge >= 0.3 is 12.2 Å². The summed E-state index contributed by atoms with van der Waals surface area (Å²) in [7, 11) is 0. The molecule has 2 aliphatic heterocycles. The summed E-state index contributed by atoms with van der Waals surface area (Å²) in [4.78, 5) is 38.2. The number of carbonyl (C=O) groups excluding carboxylic acids is 2. The fourth-order valence-electron chi connectivity index (χ4n) is 5.01. The van der Waals surface area contributed by atoms with E-state index in [1.165, 1.54) is 35.4 Å². The monoisotopic (exact) mass is 590 g/mol. The number of para-hydroxylation sites is 1. The topological polar surface area (TPSA) is 133 Å². The number of halogens is 4. The average molecular weight is 591 g/mol. The minimum Gasteiger partial charge on any atom is -0.417 e. The normalized spacial score (nSPS) is 19.5. The first kappa shape index (κ1) is 29.1. The molecule has 0 saturated carbocycles. The number of amides is 3. The second-order valence-corrected chi connectivity index (χ2v) is 10.3. The number of hydrogen-bond acceptors (Lipinski definition) is 8. The van der Waals surface area contributed by atoms with Crippen LogP contribution in [0.15, 0.2) is 47.0 Å². The Hall–Kier alpha value is -4.40. The first-order valence-corrected chi connectivity index (χ1v) is 13.4. The van der Waals surface area contributed by atoms with E-state index in [0.717, 1.165) is 12.8 Å². The number of aromatic nitrogens is 2. The van der Waals surface area contributed by atoms with Crippen molar-refractivity contribution >= 4 is 35.1 Å². The van der Waals surface area contributed by atoms with Crippen LogP contribution in [-0.4, -0.2) is 65.7 Å². The van der Waals surface area contributed by atoms with E-state index in [-0.39, 0.29) is 36.4 Å². The van der Waals surface area contributed by atoms with Crippen LogP contribution in [0, 0.1) is 11.7 Å². The molecule has 2 aromatic heterocycles. The maximum atomic E-state index is 13.9. The van der Waals surface area contributed by atoms with Crippen LogP contribution >= 0.6 is 0 Å². The SMILES string of the molecule is CC1CCCN(c2nc(C(F)(F)F)c(C(=O)Nc3ccc(N4CCN(C(=O)Nc5ccccc5F)CC4N)nc3)o2)C1. The van der Waals surface area contributed by atoms with Gasteiger partial charge in [-0.05, 0) is 43.0 Å². The zero-order chi connectivity index (χ0) is 30.0.